The van der Waals surface area contributed by atoms with Gasteiger partial charge in [-0.25, -0.2) is 0 Å². The number of rotatable bonds is 1. The second-order valence-electron chi connectivity index (χ2n) is 2.94. The average molecular weight is 319 g/mol. The highest BCUT2D eigenvalue weighted by Gasteiger charge is 2.12. The molecule has 0 radical (unpaired) electrons. The predicted molar refractivity (Wildman–Crippen MR) is 66.4 cm³/mol. The molecule has 72 valence electrons. The molecule has 1 aromatic carbocycles. The Hall–Kier alpha value is -0.550. The monoisotopic (exact) mass is 318 g/mol. The van der Waals surface area contributed by atoms with Crippen LogP contribution < -0.4 is 0 Å². The molecule has 4 heteroatoms. The summed E-state index contributed by atoms with van der Waals surface area (Å²) in [4.78, 5) is 0. The van der Waals surface area contributed by atoms with Crippen molar-refractivity contribution in [1.29, 1.82) is 0 Å². The summed E-state index contributed by atoms with van der Waals surface area (Å²) in [5, 5.41) is 4.72. The highest BCUT2D eigenvalue weighted by atomic mass is 127. The molecule has 0 atom stereocenters. The van der Waals surface area contributed by atoms with Gasteiger partial charge in [-0.2, -0.15) is 5.10 Å². The zero-order valence-electron chi connectivity index (χ0n) is 7.54. The lowest BCUT2D eigenvalue weighted by Crippen LogP contribution is -1.93. The van der Waals surface area contributed by atoms with Crippen molar-refractivity contribution in [3.63, 3.8) is 0 Å². The lowest BCUT2D eigenvalue weighted by Gasteiger charge is -2.01. The Labute approximate surface area is 101 Å². The molecule has 14 heavy (non-hydrogen) atoms. The second-order valence-corrected chi connectivity index (χ2v) is 4.38. The van der Waals surface area contributed by atoms with Gasteiger partial charge in [0, 0.05) is 12.6 Å². The molecule has 0 N–H and O–H groups in total. The molecule has 0 aliphatic heterocycles. The zero-order valence-corrected chi connectivity index (χ0v) is 10.5. The molecule has 0 saturated heterocycles. The van der Waals surface area contributed by atoms with Gasteiger partial charge >= 0.3 is 0 Å². The third-order valence-electron chi connectivity index (χ3n) is 2.00. The van der Waals surface area contributed by atoms with Crippen LogP contribution in [0.3, 0.4) is 0 Å². The topological polar surface area (TPSA) is 17.8 Å². The number of nitrogens with zero attached hydrogens (tertiary/aromatic N) is 2. The Morgan fingerprint density at radius 2 is 1.93 bits per heavy atom. The van der Waals surface area contributed by atoms with Gasteiger partial charge in [-0.1, -0.05) is 41.9 Å². The van der Waals surface area contributed by atoms with Crippen LogP contribution in [0.5, 0.6) is 0 Å². The fourth-order valence-corrected chi connectivity index (χ4v) is 2.35. The molecule has 0 saturated carbocycles. The highest BCUT2D eigenvalue weighted by Crippen LogP contribution is 2.29. The Bertz CT molecular complexity index is 451. The van der Waals surface area contributed by atoms with Crippen LogP contribution in [0.4, 0.5) is 0 Å². The van der Waals surface area contributed by atoms with E-state index >= 15 is 0 Å². The molecule has 2 rings (SSSR count). The molecular formula is C10H8ClIN2. The van der Waals surface area contributed by atoms with Crippen LogP contribution in [0.15, 0.2) is 30.3 Å². The summed E-state index contributed by atoms with van der Waals surface area (Å²) in [6.07, 6.45) is 0. The van der Waals surface area contributed by atoms with E-state index in [0.717, 1.165) is 14.8 Å². The minimum absolute atomic E-state index is 0.562. The predicted octanol–water partition coefficient (Wildman–Crippen LogP) is 3.35. The Balaban J connectivity index is 2.62. The van der Waals surface area contributed by atoms with Gasteiger partial charge in [0.15, 0.2) is 5.15 Å². The Morgan fingerprint density at radius 1 is 1.29 bits per heavy atom. The van der Waals surface area contributed by atoms with Crippen molar-refractivity contribution in [3.05, 3.63) is 39.1 Å². The summed E-state index contributed by atoms with van der Waals surface area (Å²) in [6, 6.07) is 10.1. The summed E-state index contributed by atoms with van der Waals surface area (Å²) < 4.78 is 2.80. The summed E-state index contributed by atoms with van der Waals surface area (Å²) in [7, 11) is 1.90. The van der Waals surface area contributed by atoms with Gasteiger partial charge in [-0.15, -0.1) is 0 Å². The summed E-state index contributed by atoms with van der Waals surface area (Å²) >= 11 is 8.16. The normalized spacial score (nSPS) is 10.5. The highest BCUT2D eigenvalue weighted by molar-refractivity contribution is 14.1. The quantitative estimate of drug-likeness (QED) is 0.737. The first-order chi connectivity index (χ1) is 6.70. The van der Waals surface area contributed by atoms with E-state index < -0.39 is 0 Å². The molecule has 2 nitrogen and oxygen atoms in total. The Kier molecular flexibility index (Phi) is 2.78. The van der Waals surface area contributed by atoms with Gasteiger partial charge in [-0.3, -0.25) is 4.68 Å². The van der Waals surface area contributed by atoms with Crippen LogP contribution in [-0.4, -0.2) is 9.78 Å². The van der Waals surface area contributed by atoms with Crippen LogP contribution in [0.2, 0.25) is 5.15 Å². The molecule has 0 aliphatic carbocycles. The van der Waals surface area contributed by atoms with Crippen LogP contribution in [-0.2, 0) is 7.05 Å². The van der Waals surface area contributed by atoms with Crippen molar-refractivity contribution in [3.8, 4) is 11.3 Å². The Morgan fingerprint density at radius 3 is 2.43 bits per heavy atom. The SMILES string of the molecule is Cn1nc(Cl)c(I)c1-c1ccccc1. The van der Waals surface area contributed by atoms with E-state index in [1.807, 2.05) is 25.2 Å². The first-order valence-corrected chi connectivity index (χ1v) is 5.59. The molecule has 2 aromatic rings. The first kappa shape index (κ1) is 9.98. The molecule has 1 aromatic heterocycles. The molecule has 1 heterocycles. The van der Waals surface area contributed by atoms with Gasteiger partial charge in [0.2, 0.25) is 0 Å². The largest absolute Gasteiger partial charge is 0.265 e. The number of aromatic nitrogens is 2. The molecule has 0 amide bonds. The number of aryl methyl sites for hydroxylation is 1. The van der Waals surface area contributed by atoms with Crippen LogP contribution in [0.1, 0.15) is 0 Å². The molecule has 0 aliphatic rings. The minimum Gasteiger partial charge on any atom is -0.265 e. The van der Waals surface area contributed by atoms with Crippen molar-refractivity contribution < 1.29 is 0 Å². The molecule has 0 bridgehead atoms. The van der Waals surface area contributed by atoms with Crippen molar-refractivity contribution in [2.75, 3.05) is 0 Å². The van der Waals surface area contributed by atoms with Crippen molar-refractivity contribution in [2.24, 2.45) is 7.05 Å². The molecule has 0 fully saturated rings. The van der Waals surface area contributed by atoms with E-state index in [1.54, 1.807) is 4.68 Å². The third-order valence-corrected chi connectivity index (χ3v) is 3.60. The minimum atomic E-state index is 0.562. The lowest BCUT2D eigenvalue weighted by atomic mass is 10.1. The molecular weight excluding hydrogens is 310 g/mol. The first-order valence-electron chi connectivity index (χ1n) is 4.13. The van der Waals surface area contributed by atoms with Crippen molar-refractivity contribution in [1.82, 2.24) is 9.78 Å². The number of benzene rings is 1. The van der Waals surface area contributed by atoms with E-state index in [1.165, 1.54) is 0 Å². The number of hydrogen-bond donors (Lipinski definition) is 0. The fraction of sp³-hybridized carbons (Fsp3) is 0.100. The standard InChI is InChI=1S/C10H8ClIN2/c1-14-9(8(12)10(11)13-14)7-5-3-2-4-6-7/h2-6H,1H3. The van der Waals surface area contributed by atoms with Crippen LogP contribution in [0.25, 0.3) is 11.3 Å². The number of hydrogen-bond acceptors (Lipinski definition) is 1. The zero-order chi connectivity index (χ0) is 10.1. The smallest absolute Gasteiger partial charge is 0.165 e. The van der Waals surface area contributed by atoms with Gasteiger partial charge in [-0.05, 0) is 22.6 Å². The summed E-state index contributed by atoms with van der Waals surface area (Å²) in [5.41, 5.74) is 2.20. The van der Waals surface area contributed by atoms with E-state index in [9.17, 15) is 0 Å². The maximum Gasteiger partial charge on any atom is 0.165 e. The number of halogens is 2. The maximum atomic E-state index is 5.95. The lowest BCUT2D eigenvalue weighted by molar-refractivity contribution is 0.776. The van der Waals surface area contributed by atoms with Gasteiger partial charge < -0.3 is 0 Å². The molecule has 0 spiro atoms. The van der Waals surface area contributed by atoms with E-state index in [-0.39, 0.29) is 0 Å². The van der Waals surface area contributed by atoms with Gasteiger partial charge in [0.05, 0.1) is 9.26 Å². The van der Waals surface area contributed by atoms with Crippen LogP contribution in [0, 0.1) is 3.57 Å². The van der Waals surface area contributed by atoms with E-state index in [2.05, 4.69) is 39.8 Å². The van der Waals surface area contributed by atoms with Gasteiger partial charge in [0.1, 0.15) is 0 Å². The van der Waals surface area contributed by atoms with E-state index in [4.69, 9.17) is 11.6 Å². The second kappa shape index (κ2) is 3.90. The van der Waals surface area contributed by atoms with Gasteiger partial charge in [0.25, 0.3) is 0 Å². The third kappa shape index (κ3) is 1.66. The summed E-state index contributed by atoms with van der Waals surface area (Å²) in [6.45, 7) is 0. The maximum absolute atomic E-state index is 5.95. The van der Waals surface area contributed by atoms with E-state index in [0.29, 0.717) is 5.15 Å². The fourth-order valence-electron chi connectivity index (χ4n) is 1.37. The summed E-state index contributed by atoms with van der Waals surface area (Å²) in [5.74, 6) is 0. The molecule has 0 unspecified atom stereocenters. The van der Waals surface area contributed by atoms with Crippen molar-refractivity contribution in [2.45, 2.75) is 0 Å². The van der Waals surface area contributed by atoms with Crippen molar-refractivity contribution >= 4 is 34.2 Å². The van der Waals surface area contributed by atoms with Crippen LogP contribution >= 0.6 is 34.2 Å². The average Bonchev–Trinajstić information content (AvgIpc) is 2.43.